The molecule has 1 fully saturated rings. The van der Waals surface area contributed by atoms with Crippen LogP contribution in [0.3, 0.4) is 0 Å². The van der Waals surface area contributed by atoms with Gasteiger partial charge in [0, 0.05) is 18.1 Å². The van der Waals surface area contributed by atoms with Gasteiger partial charge < -0.3 is 19.1 Å². The Bertz CT molecular complexity index is 1100. The number of benzene rings is 1. The fourth-order valence-corrected chi connectivity index (χ4v) is 3.57. The maximum atomic E-state index is 15.0. The summed E-state index contributed by atoms with van der Waals surface area (Å²) in [5, 5.41) is 10.2. The third-order valence-corrected chi connectivity index (χ3v) is 5.07. The average Bonchev–Trinajstić information content (AvgIpc) is 3.19. The number of nitrogens with zero attached hydrogens (tertiary/aromatic N) is 2. The van der Waals surface area contributed by atoms with Crippen molar-refractivity contribution in [1.29, 1.82) is 0 Å². The van der Waals surface area contributed by atoms with Crippen molar-refractivity contribution < 1.29 is 38.2 Å². The predicted octanol–water partition coefficient (Wildman–Crippen LogP) is 1.72. The van der Waals surface area contributed by atoms with Crippen molar-refractivity contribution in [2.24, 2.45) is 5.92 Å². The Morgan fingerprint density at radius 2 is 1.81 bits per heavy atom. The minimum atomic E-state index is -1.42. The number of ether oxygens (including phenoxy) is 2. The average molecular weight is 450 g/mol. The number of fused-ring (bicyclic) bond motifs is 1. The number of aromatic nitrogens is 1. The summed E-state index contributed by atoms with van der Waals surface area (Å²) in [5.41, 5.74) is -1.15. The summed E-state index contributed by atoms with van der Waals surface area (Å²) < 4.78 is 26.5. The number of carboxylic acids is 1. The molecular weight excluding hydrogens is 427 g/mol. The summed E-state index contributed by atoms with van der Waals surface area (Å²) in [7, 11) is 0. The van der Waals surface area contributed by atoms with Crippen molar-refractivity contribution >= 4 is 34.5 Å². The Hall–Kier alpha value is -3.47. The predicted molar refractivity (Wildman–Crippen MR) is 110 cm³/mol. The topological polar surface area (TPSA) is 124 Å². The first-order chi connectivity index (χ1) is 15.2. The molecular formula is C21H23FN2O8. The molecule has 0 spiro atoms. The van der Waals surface area contributed by atoms with E-state index in [0.717, 1.165) is 11.1 Å². The lowest BCUT2D eigenvalue weighted by atomic mass is 10.0. The maximum Gasteiger partial charge on any atom is 0.341 e. The number of hydroxylamine groups is 1. The van der Waals surface area contributed by atoms with E-state index in [4.69, 9.17) is 14.3 Å². The molecule has 0 amide bonds. The molecule has 0 unspecified atom stereocenters. The molecule has 1 saturated heterocycles. The molecule has 3 rings (SSSR count). The Morgan fingerprint density at radius 1 is 1.16 bits per heavy atom. The van der Waals surface area contributed by atoms with Crippen molar-refractivity contribution in [3.63, 3.8) is 0 Å². The summed E-state index contributed by atoms with van der Waals surface area (Å²) in [4.78, 5) is 54.1. The van der Waals surface area contributed by atoms with E-state index >= 15 is 4.39 Å². The number of rotatable bonds is 7. The van der Waals surface area contributed by atoms with Gasteiger partial charge in [-0.1, -0.05) is 0 Å². The number of carbonyl (C=O) groups excluding carboxylic acids is 2. The molecule has 0 aliphatic carbocycles. The first kappa shape index (κ1) is 23.2. The van der Waals surface area contributed by atoms with Crippen LogP contribution in [0.25, 0.3) is 10.9 Å². The summed E-state index contributed by atoms with van der Waals surface area (Å²) in [6.45, 7) is 5.22. The van der Waals surface area contributed by atoms with Crippen LogP contribution in [0.5, 0.6) is 0 Å². The standard InChI is InChI=1S/C21H23FN2O8/c1-4-23-9-12(19(26)27)17(25)11-7-14(22)16(8-15(11)23)24-10-13(20(28)30-5-2)18(32-24)21(29)31-6-3/h7-9,13,18H,4-6,10H2,1-3H3,(H,26,27)/t13-,18+/m1/s1. The van der Waals surface area contributed by atoms with E-state index in [1.54, 1.807) is 20.8 Å². The fraction of sp³-hybridized carbons (Fsp3) is 0.429. The summed E-state index contributed by atoms with van der Waals surface area (Å²) in [6.07, 6.45) is -0.144. The van der Waals surface area contributed by atoms with E-state index in [1.165, 1.54) is 16.8 Å². The van der Waals surface area contributed by atoms with Crippen LogP contribution in [0.4, 0.5) is 10.1 Å². The maximum absolute atomic E-state index is 15.0. The largest absolute Gasteiger partial charge is 0.477 e. The van der Waals surface area contributed by atoms with Crippen LogP contribution in [0.15, 0.2) is 23.1 Å². The zero-order valence-electron chi connectivity index (χ0n) is 17.8. The summed E-state index contributed by atoms with van der Waals surface area (Å²) in [6, 6.07) is 2.24. The number of anilines is 1. The molecule has 0 saturated carbocycles. The molecule has 0 radical (unpaired) electrons. The number of aryl methyl sites for hydroxylation is 1. The van der Waals surface area contributed by atoms with Gasteiger partial charge in [-0.2, -0.15) is 0 Å². The van der Waals surface area contributed by atoms with E-state index in [1.807, 2.05) is 0 Å². The molecule has 2 atom stereocenters. The highest BCUT2D eigenvalue weighted by Crippen LogP contribution is 2.32. The van der Waals surface area contributed by atoms with E-state index in [-0.39, 0.29) is 36.3 Å². The highest BCUT2D eigenvalue weighted by molar-refractivity contribution is 5.93. The van der Waals surface area contributed by atoms with Crippen LogP contribution in [0.1, 0.15) is 31.1 Å². The Morgan fingerprint density at radius 3 is 2.41 bits per heavy atom. The molecule has 1 aromatic carbocycles. The van der Waals surface area contributed by atoms with Crippen LogP contribution in [-0.4, -0.2) is 53.4 Å². The van der Waals surface area contributed by atoms with Crippen molar-refractivity contribution in [2.45, 2.75) is 33.4 Å². The zero-order chi connectivity index (χ0) is 23.6. The van der Waals surface area contributed by atoms with Crippen molar-refractivity contribution in [2.75, 3.05) is 24.8 Å². The third kappa shape index (κ3) is 4.15. The number of esters is 2. The zero-order valence-corrected chi connectivity index (χ0v) is 17.8. The van der Waals surface area contributed by atoms with Gasteiger partial charge in [-0.15, -0.1) is 0 Å². The first-order valence-corrected chi connectivity index (χ1v) is 10.1. The van der Waals surface area contributed by atoms with E-state index < -0.39 is 46.7 Å². The van der Waals surface area contributed by atoms with Gasteiger partial charge in [-0.25, -0.2) is 19.0 Å². The van der Waals surface area contributed by atoms with Gasteiger partial charge >= 0.3 is 17.9 Å². The van der Waals surface area contributed by atoms with Crippen LogP contribution in [0.2, 0.25) is 0 Å². The SMILES string of the molecule is CCOC(=O)[C@H]1ON(c2cc3c(cc2F)c(=O)c(C(=O)O)cn3CC)C[C@H]1C(=O)OCC. The molecule has 1 aliphatic rings. The Labute approximate surface area is 182 Å². The Balaban J connectivity index is 2.08. The number of carbonyl (C=O) groups is 3. The second-order valence-electron chi connectivity index (χ2n) is 6.98. The summed E-state index contributed by atoms with van der Waals surface area (Å²) >= 11 is 0. The van der Waals surface area contributed by atoms with Gasteiger partial charge in [0.1, 0.15) is 23.0 Å². The fourth-order valence-electron chi connectivity index (χ4n) is 3.57. The van der Waals surface area contributed by atoms with Crippen LogP contribution >= 0.6 is 0 Å². The minimum Gasteiger partial charge on any atom is -0.477 e. The molecule has 1 aliphatic heterocycles. The number of aromatic carboxylic acids is 1. The van der Waals surface area contributed by atoms with E-state index in [2.05, 4.69) is 0 Å². The first-order valence-electron chi connectivity index (χ1n) is 10.1. The molecule has 2 heterocycles. The monoisotopic (exact) mass is 450 g/mol. The van der Waals surface area contributed by atoms with Crippen LogP contribution < -0.4 is 10.5 Å². The van der Waals surface area contributed by atoms with Crippen molar-refractivity contribution in [1.82, 2.24) is 4.57 Å². The van der Waals surface area contributed by atoms with Crippen molar-refractivity contribution in [3.05, 3.63) is 39.9 Å². The molecule has 172 valence electrons. The lowest BCUT2D eigenvalue weighted by molar-refractivity contribution is -0.163. The lowest BCUT2D eigenvalue weighted by Crippen LogP contribution is -2.35. The number of carboxylic acid groups (broad SMARTS) is 1. The van der Waals surface area contributed by atoms with Crippen LogP contribution in [-0.2, 0) is 30.4 Å². The number of hydrogen-bond acceptors (Lipinski definition) is 8. The molecule has 2 aromatic rings. The number of hydrogen-bond donors (Lipinski definition) is 1. The van der Waals surface area contributed by atoms with Gasteiger partial charge in [-0.05, 0) is 32.9 Å². The van der Waals surface area contributed by atoms with Gasteiger partial charge in [0.05, 0.1) is 25.3 Å². The molecule has 1 aromatic heterocycles. The van der Waals surface area contributed by atoms with Gasteiger partial charge in [-0.3, -0.25) is 14.4 Å². The van der Waals surface area contributed by atoms with Gasteiger partial charge in [0.25, 0.3) is 0 Å². The smallest absolute Gasteiger partial charge is 0.341 e. The highest BCUT2D eigenvalue weighted by Gasteiger charge is 2.46. The number of pyridine rings is 1. The molecule has 10 nitrogen and oxygen atoms in total. The van der Waals surface area contributed by atoms with E-state index in [9.17, 15) is 24.3 Å². The second kappa shape index (κ2) is 9.35. The summed E-state index contributed by atoms with van der Waals surface area (Å²) in [5.74, 6) is -4.82. The molecule has 1 N–H and O–H groups in total. The van der Waals surface area contributed by atoms with Crippen molar-refractivity contribution in [3.8, 4) is 0 Å². The highest BCUT2D eigenvalue weighted by atomic mass is 19.1. The lowest BCUT2D eigenvalue weighted by Gasteiger charge is -2.20. The van der Waals surface area contributed by atoms with Gasteiger partial charge in [0.2, 0.25) is 5.43 Å². The second-order valence-corrected chi connectivity index (χ2v) is 6.98. The molecule has 11 heteroatoms. The Kier molecular flexibility index (Phi) is 6.78. The number of halogens is 1. The normalized spacial score (nSPS) is 18.1. The quantitative estimate of drug-likeness (QED) is 0.628. The molecule has 0 bridgehead atoms. The third-order valence-electron chi connectivity index (χ3n) is 5.07. The van der Waals surface area contributed by atoms with Gasteiger partial charge in [0.15, 0.2) is 6.10 Å². The minimum absolute atomic E-state index is 0.0628. The van der Waals surface area contributed by atoms with Crippen LogP contribution in [0, 0.1) is 11.7 Å². The molecule has 32 heavy (non-hydrogen) atoms. The van der Waals surface area contributed by atoms with E-state index in [0.29, 0.717) is 6.54 Å².